The van der Waals surface area contributed by atoms with E-state index in [0.717, 1.165) is 24.8 Å². The molecule has 130 valence electrons. The molecular weight excluding hydrogens is 322 g/mol. The third-order valence-electron chi connectivity index (χ3n) is 3.42. The highest BCUT2D eigenvalue weighted by atomic mass is 32.1. The summed E-state index contributed by atoms with van der Waals surface area (Å²) in [6.45, 7) is 8.42. The maximum absolute atomic E-state index is 10.9. The predicted molar refractivity (Wildman–Crippen MR) is 86.7 cm³/mol. The summed E-state index contributed by atoms with van der Waals surface area (Å²) < 4.78 is 19.3. The van der Waals surface area contributed by atoms with Crippen molar-refractivity contribution in [2.75, 3.05) is 44.4 Å². The van der Waals surface area contributed by atoms with Crippen molar-refractivity contribution in [3.05, 3.63) is 4.91 Å². The van der Waals surface area contributed by atoms with Crippen molar-refractivity contribution in [2.45, 2.75) is 32.4 Å². The Bertz CT molecular complexity index is 501. The van der Waals surface area contributed by atoms with Gasteiger partial charge in [0.15, 0.2) is 0 Å². The van der Waals surface area contributed by atoms with Crippen LogP contribution in [-0.2, 0) is 4.74 Å². The van der Waals surface area contributed by atoms with Crippen LogP contribution in [0.2, 0.25) is 0 Å². The minimum atomic E-state index is -0.855. The third-order valence-corrected chi connectivity index (χ3v) is 3.92. The van der Waals surface area contributed by atoms with Crippen LogP contribution in [0.15, 0.2) is 5.29 Å². The van der Waals surface area contributed by atoms with E-state index in [2.05, 4.69) is 14.0 Å². The molecule has 0 spiro atoms. The van der Waals surface area contributed by atoms with E-state index >= 15 is 0 Å². The highest BCUT2D eigenvalue weighted by Crippen LogP contribution is 2.26. The Kier molecular flexibility index (Phi) is 6.08. The third kappa shape index (κ3) is 4.98. The van der Waals surface area contributed by atoms with E-state index in [1.165, 1.54) is 5.01 Å². The molecule has 1 aliphatic rings. The summed E-state index contributed by atoms with van der Waals surface area (Å²) in [4.78, 5) is 12.9. The fourth-order valence-corrected chi connectivity index (χ4v) is 2.61. The van der Waals surface area contributed by atoms with Crippen LogP contribution in [0.4, 0.5) is 5.82 Å². The van der Waals surface area contributed by atoms with Crippen molar-refractivity contribution in [2.24, 2.45) is 5.29 Å². The molecule has 1 aromatic rings. The summed E-state index contributed by atoms with van der Waals surface area (Å²) in [7, 11) is 0. The number of ether oxygens (including phenoxy) is 2. The first-order chi connectivity index (χ1) is 10.9. The molecule has 2 rings (SSSR count). The van der Waals surface area contributed by atoms with Crippen LogP contribution < -0.4 is 9.64 Å². The Hall–Kier alpha value is -1.52. The zero-order valence-electron chi connectivity index (χ0n) is 13.6. The lowest BCUT2D eigenvalue weighted by Gasteiger charge is -2.31. The van der Waals surface area contributed by atoms with Gasteiger partial charge in [-0.05, 0) is 20.8 Å². The Labute approximate surface area is 139 Å². The highest BCUT2D eigenvalue weighted by Gasteiger charge is 2.25. The minimum absolute atomic E-state index is 0.0187. The van der Waals surface area contributed by atoms with Crippen LogP contribution in [0.1, 0.15) is 20.8 Å². The topological polar surface area (TPSA) is 100 Å². The number of aliphatic hydroxyl groups is 1. The molecule has 1 N–H and O–H groups in total. The van der Waals surface area contributed by atoms with E-state index in [1.807, 2.05) is 25.7 Å². The van der Waals surface area contributed by atoms with E-state index in [1.54, 1.807) is 0 Å². The maximum Gasteiger partial charge on any atom is 0.270 e. The standard InChI is InChI=1S/C13H23N5O4S/c1-13(2,3)18(16-20)8-10(19)9-22-12-11(14-23-15-12)17-4-6-21-7-5-17/h10,19H,4-9H2,1-3H3. The summed E-state index contributed by atoms with van der Waals surface area (Å²) in [5, 5.41) is 14.3. The lowest BCUT2D eigenvalue weighted by atomic mass is 10.1. The van der Waals surface area contributed by atoms with Gasteiger partial charge in [0.2, 0.25) is 5.82 Å². The quantitative estimate of drug-likeness (QED) is 0.574. The Morgan fingerprint density at radius 2 is 2.13 bits per heavy atom. The largest absolute Gasteiger partial charge is 0.472 e. The molecule has 1 unspecified atom stereocenters. The molecule has 0 radical (unpaired) electrons. The number of rotatable bonds is 7. The fourth-order valence-electron chi connectivity index (χ4n) is 2.09. The number of hydrogen-bond donors (Lipinski definition) is 1. The van der Waals surface area contributed by atoms with Crippen molar-refractivity contribution in [3.63, 3.8) is 0 Å². The van der Waals surface area contributed by atoms with Gasteiger partial charge in [-0.2, -0.15) is 4.37 Å². The summed E-state index contributed by atoms with van der Waals surface area (Å²) in [6, 6.07) is 0. The molecule has 0 bridgehead atoms. The first kappa shape index (κ1) is 17.8. The second-order valence-electron chi connectivity index (χ2n) is 6.29. The van der Waals surface area contributed by atoms with Crippen molar-refractivity contribution in [3.8, 4) is 5.88 Å². The zero-order chi connectivity index (χ0) is 16.9. The summed E-state index contributed by atoms with van der Waals surface area (Å²) in [5.41, 5.74) is -0.454. The molecule has 0 aromatic carbocycles. The number of hydrogen-bond acceptors (Lipinski definition) is 9. The average Bonchev–Trinajstić information content (AvgIpc) is 2.98. The van der Waals surface area contributed by atoms with Crippen molar-refractivity contribution in [1.29, 1.82) is 0 Å². The molecule has 1 aliphatic heterocycles. The number of morpholine rings is 1. The van der Waals surface area contributed by atoms with E-state index in [0.29, 0.717) is 24.9 Å². The van der Waals surface area contributed by atoms with Gasteiger partial charge in [-0.3, -0.25) is 5.01 Å². The van der Waals surface area contributed by atoms with Gasteiger partial charge in [-0.15, -0.1) is 9.28 Å². The van der Waals surface area contributed by atoms with Gasteiger partial charge < -0.3 is 19.5 Å². The Balaban J connectivity index is 1.88. The first-order valence-corrected chi connectivity index (χ1v) is 8.22. The first-order valence-electron chi connectivity index (χ1n) is 7.49. The maximum atomic E-state index is 10.9. The molecule has 0 amide bonds. The SMILES string of the molecule is CC(C)(C)N(CC(O)COc1nsnc1N1CCOCC1)N=O. The number of β-amino-alcohol motifs (C(OH)–C–C–N with tert-alkyl or cyclic N) is 1. The lowest BCUT2D eigenvalue weighted by Crippen LogP contribution is -2.43. The minimum Gasteiger partial charge on any atom is -0.472 e. The molecule has 0 aliphatic carbocycles. The van der Waals surface area contributed by atoms with E-state index in [4.69, 9.17) is 9.47 Å². The summed E-state index contributed by atoms with van der Waals surface area (Å²) >= 11 is 1.07. The zero-order valence-corrected chi connectivity index (χ0v) is 14.5. The smallest absolute Gasteiger partial charge is 0.270 e. The van der Waals surface area contributed by atoms with E-state index in [9.17, 15) is 10.0 Å². The van der Waals surface area contributed by atoms with Gasteiger partial charge in [-0.25, -0.2) is 0 Å². The van der Waals surface area contributed by atoms with Gasteiger partial charge >= 0.3 is 0 Å². The normalized spacial score (nSPS) is 17.0. The Morgan fingerprint density at radius 3 is 2.74 bits per heavy atom. The van der Waals surface area contributed by atoms with Crippen LogP contribution in [0.25, 0.3) is 0 Å². The summed E-state index contributed by atoms with van der Waals surface area (Å²) in [5.74, 6) is 1.07. The molecule has 1 saturated heterocycles. The van der Waals surface area contributed by atoms with Gasteiger partial charge in [0, 0.05) is 13.1 Å². The average molecular weight is 345 g/mol. The molecule has 0 saturated carbocycles. The van der Waals surface area contributed by atoms with Crippen molar-refractivity contribution >= 4 is 17.5 Å². The molecule has 2 heterocycles. The van der Waals surface area contributed by atoms with Gasteiger partial charge in [0.25, 0.3) is 5.88 Å². The molecule has 9 nitrogen and oxygen atoms in total. The highest BCUT2D eigenvalue weighted by molar-refractivity contribution is 6.99. The molecule has 1 atom stereocenters. The van der Waals surface area contributed by atoms with Gasteiger partial charge in [0.1, 0.15) is 12.7 Å². The lowest BCUT2D eigenvalue weighted by molar-refractivity contribution is 0.0326. The fraction of sp³-hybridized carbons (Fsp3) is 0.846. The van der Waals surface area contributed by atoms with Crippen molar-refractivity contribution < 1.29 is 14.6 Å². The second-order valence-corrected chi connectivity index (χ2v) is 6.82. The molecule has 1 fully saturated rings. The van der Waals surface area contributed by atoms with Gasteiger partial charge in [0.05, 0.1) is 42.3 Å². The van der Waals surface area contributed by atoms with Gasteiger partial charge in [-0.1, -0.05) is 0 Å². The molecular formula is C13H23N5O4S. The van der Waals surface area contributed by atoms with Crippen molar-refractivity contribution in [1.82, 2.24) is 13.8 Å². The van der Waals surface area contributed by atoms with E-state index in [-0.39, 0.29) is 13.2 Å². The van der Waals surface area contributed by atoms with Crippen LogP contribution in [0.5, 0.6) is 5.88 Å². The number of aromatic nitrogens is 2. The second kappa shape index (κ2) is 7.84. The van der Waals surface area contributed by atoms with Crippen LogP contribution >= 0.6 is 11.7 Å². The number of anilines is 1. The molecule has 1 aromatic heterocycles. The molecule has 23 heavy (non-hydrogen) atoms. The van der Waals surface area contributed by atoms with E-state index < -0.39 is 11.6 Å². The van der Waals surface area contributed by atoms with Crippen LogP contribution in [0, 0.1) is 4.91 Å². The van der Waals surface area contributed by atoms with Crippen LogP contribution in [-0.4, -0.2) is 70.0 Å². The monoisotopic (exact) mass is 345 g/mol. The predicted octanol–water partition coefficient (Wildman–Crippen LogP) is 0.896. The van der Waals surface area contributed by atoms with Crippen LogP contribution in [0.3, 0.4) is 0 Å². The number of nitroso groups, excluding NO2 is 1. The molecule has 10 heteroatoms. The summed E-state index contributed by atoms with van der Waals surface area (Å²) in [6.07, 6.45) is -0.855. The number of nitrogens with zero attached hydrogens (tertiary/aromatic N) is 5. The number of aliphatic hydroxyl groups excluding tert-OH is 1. The Morgan fingerprint density at radius 1 is 1.43 bits per heavy atom.